The van der Waals surface area contributed by atoms with Crippen LogP contribution in [-0.2, 0) is 9.59 Å². The second-order valence-electron chi connectivity index (χ2n) is 5.94. The van der Waals surface area contributed by atoms with Gasteiger partial charge in [-0.05, 0) is 33.7 Å². The molecular formula is C15H30ClN3O2. The quantitative estimate of drug-likeness (QED) is 0.667. The summed E-state index contributed by atoms with van der Waals surface area (Å²) >= 11 is 0. The smallest absolute Gasteiger partial charge is 0.223 e. The van der Waals surface area contributed by atoms with E-state index in [0.29, 0.717) is 13.0 Å². The first-order chi connectivity index (χ1) is 9.52. The van der Waals surface area contributed by atoms with E-state index >= 15 is 0 Å². The maximum absolute atomic E-state index is 12.0. The Kier molecular flexibility index (Phi) is 10.4. The van der Waals surface area contributed by atoms with Crippen LogP contribution in [0.15, 0.2) is 0 Å². The Morgan fingerprint density at radius 1 is 1.10 bits per heavy atom. The molecule has 1 rings (SSSR count). The molecule has 0 aromatic carbocycles. The fraction of sp³-hybridized carbons (Fsp3) is 0.867. The highest BCUT2D eigenvalue weighted by atomic mass is 35.5. The van der Waals surface area contributed by atoms with Crippen LogP contribution in [0.3, 0.4) is 0 Å². The highest BCUT2D eigenvalue weighted by molar-refractivity contribution is 5.85. The lowest BCUT2D eigenvalue weighted by Gasteiger charge is -2.23. The first kappa shape index (κ1) is 20.2. The summed E-state index contributed by atoms with van der Waals surface area (Å²) in [7, 11) is 1.86. The molecule has 2 amide bonds. The molecule has 5 nitrogen and oxygen atoms in total. The number of carbonyl (C=O) groups excluding carboxylic acids is 2. The molecule has 1 aliphatic carbocycles. The van der Waals surface area contributed by atoms with Crippen LogP contribution in [0.2, 0.25) is 0 Å². The summed E-state index contributed by atoms with van der Waals surface area (Å²) in [5.74, 6) is 0.260. The highest BCUT2D eigenvalue weighted by Gasteiger charge is 2.22. The predicted octanol–water partition coefficient (Wildman–Crippen LogP) is 1.61. The van der Waals surface area contributed by atoms with Crippen molar-refractivity contribution in [3.8, 4) is 0 Å². The van der Waals surface area contributed by atoms with E-state index in [1.54, 1.807) is 0 Å². The van der Waals surface area contributed by atoms with E-state index < -0.39 is 0 Å². The van der Waals surface area contributed by atoms with Gasteiger partial charge in [-0.15, -0.1) is 12.4 Å². The SMILES string of the molecule is CNC(C)CNC(=O)CC(C)NC(=O)C1CCCCC1.Cl. The summed E-state index contributed by atoms with van der Waals surface area (Å²) in [6, 6.07) is 0.153. The molecule has 0 bridgehead atoms. The zero-order chi connectivity index (χ0) is 15.0. The Balaban J connectivity index is 0.00000400. The van der Waals surface area contributed by atoms with Crippen LogP contribution in [0.1, 0.15) is 52.4 Å². The average Bonchev–Trinajstić information content (AvgIpc) is 2.45. The minimum Gasteiger partial charge on any atom is -0.354 e. The number of hydrogen-bond acceptors (Lipinski definition) is 3. The van der Waals surface area contributed by atoms with Gasteiger partial charge in [0, 0.05) is 31.0 Å². The van der Waals surface area contributed by atoms with Gasteiger partial charge in [0.2, 0.25) is 11.8 Å². The molecule has 21 heavy (non-hydrogen) atoms. The van der Waals surface area contributed by atoms with Crippen molar-refractivity contribution in [3.63, 3.8) is 0 Å². The fourth-order valence-electron chi connectivity index (χ4n) is 2.50. The molecule has 0 spiro atoms. The average molecular weight is 320 g/mol. The van der Waals surface area contributed by atoms with Gasteiger partial charge < -0.3 is 16.0 Å². The lowest BCUT2D eigenvalue weighted by Crippen LogP contribution is -2.42. The van der Waals surface area contributed by atoms with Gasteiger partial charge in [0.05, 0.1) is 0 Å². The van der Waals surface area contributed by atoms with E-state index in [1.807, 2.05) is 20.9 Å². The van der Waals surface area contributed by atoms with Crippen molar-refractivity contribution in [2.75, 3.05) is 13.6 Å². The molecule has 0 aromatic heterocycles. The Hall–Kier alpha value is -0.810. The largest absolute Gasteiger partial charge is 0.354 e. The zero-order valence-corrected chi connectivity index (χ0v) is 14.2. The van der Waals surface area contributed by atoms with E-state index in [-0.39, 0.29) is 42.2 Å². The van der Waals surface area contributed by atoms with Gasteiger partial charge in [0.25, 0.3) is 0 Å². The molecule has 124 valence electrons. The number of nitrogens with one attached hydrogen (secondary N) is 3. The van der Waals surface area contributed by atoms with E-state index in [0.717, 1.165) is 25.7 Å². The van der Waals surface area contributed by atoms with Crippen molar-refractivity contribution in [2.24, 2.45) is 5.92 Å². The van der Waals surface area contributed by atoms with Crippen LogP contribution in [0.5, 0.6) is 0 Å². The third-order valence-electron chi connectivity index (χ3n) is 3.95. The van der Waals surface area contributed by atoms with Gasteiger partial charge in [0.1, 0.15) is 0 Å². The van der Waals surface area contributed by atoms with Crippen molar-refractivity contribution >= 4 is 24.2 Å². The van der Waals surface area contributed by atoms with E-state index in [1.165, 1.54) is 6.42 Å². The van der Waals surface area contributed by atoms with Gasteiger partial charge in [-0.2, -0.15) is 0 Å². The van der Waals surface area contributed by atoms with Crippen LogP contribution in [0, 0.1) is 5.92 Å². The van der Waals surface area contributed by atoms with E-state index in [4.69, 9.17) is 0 Å². The molecule has 6 heteroatoms. The number of halogens is 1. The predicted molar refractivity (Wildman–Crippen MR) is 87.6 cm³/mol. The third-order valence-corrected chi connectivity index (χ3v) is 3.95. The Morgan fingerprint density at radius 2 is 1.71 bits per heavy atom. The molecule has 1 fully saturated rings. The minimum atomic E-state index is -0.102. The number of rotatable bonds is 7. The van der Waals surface area contributed by atoms with Gasteiger partial charge in [-0.25, -0.2) is 0 Å². The molecular weight excluding hydrogens is 290 g/mol. The van der Waals surface area contributed by atoms with Crippen LogP contribution < -0.4 is 16.0 Å². The Labute approximate surface area is 134 Å². The van der Waals surface area contributed by atoms with Crippen molar-refractivity contribution in [2.45, 2.75) is 64.5 Å². The number of amides is 2. The van der Waals surface area contributed by atoms with Crippen LogP contribution in [-0.4, -0.2) is 37.5 Å². The number of carbonyl (C=O) groups is 2. The summed E-state index contributed by atoms with van der Waals surface area (Å²) in [5, 5.41) is 8.90. The Bertz CT molecular complexity index is 320. The molecule has 1 saturated carbocycles. The standard InChI is InChI=1S/C15H29N3O2.ClH/c1-11(9-14(19)17-10-12(2)16-3)18-15(20)13-7-5-4-6-8-13;/h11-13,16H,4-10H2,1-3H3,(H,17,19)(H,18,20);1H. The van der Waals surface area contributed by atoms with Crippen LogP contribution in [0.4, 0.5) is 0 Å². The summed E-state index contributed by atoms with van der Waals surface area (Å²) in [6.07, 6.45) is 5.86. The van der Waals surface area contributed by atoms with Gasteiger partial charge in [-0.3, -0.25) is 9.59 Å². The van der Waals surface area contributed by atoms with Gasteiger partial charge in [0.15, 0.2) is 0 Å². The number of hydrogen-bond donors (Lipinski definition) is 3. The van der Waals surface area contributed by atoms with Crippen LogP contribution in [0.25, 0.3) is 0 Å². The lowest BCUT2D eigenvalue weighted by molar-refractivity contribution is -0.127. The first-order valence-corrected chi connectivity index (χ1v) is 7.77. The second kappa shape index (κ2) is 10.9. The molecule has 0 heterocycles. The molecule has 1 aliphatic rings. The van der Waals surface area contributed by atoms with E-state index in [9.17, 15) is 9.59 Å². The van der Waals surface area contributed by atoms with Crippen molar-refractivity contribution in [1.29, 1.82) is 0 Å². The monoisotopic (exact) mass is 319 g/mol. The summed E-state index contributed by atoms with van der Waals surface area (Å²) in [5.41, 5.74) is 0. The van der Waals surface area contributed by atoms with Crippen molar-refractivity contribution < 1.29 is 9.59 Å². The normalized spacial score (nSPS) is 18.2. The third kappa shape index (κ3) is 8.27. The maximum atomic E-state index is 12.0. The molecule has 0 radical (unpaired) electrons. The molecule has 0 aliphatic heterocycles. The van der Waals surface area contributed by atoms with Crippen molar-refractivity contribution in [3.05, 3.63) is 0 Å². The molecule has 3 N–H and O–H groups in total. The van der Waals surface area contributed by atoms with Gasteiger partial charge in [-0.1, -0.05) is 19.3 Å². The fourth-order valence-corrected chi connectivity index (χ4v) is 2.50. The van der Waals surface area contributed by atoms with Crippen molar-refractivity contribution in [1.82, 2.24) is 16.0 Å². The molecule has 0 saturated heterocycles. The van der Waals surface area contributed by atoms with Crippen LogP contribution >= 0.6 is 12.4 Å². The lowest BCUT2D eigenvalue weighted by atomic mass is 9.88. The Morgan fingerprint density at radius 3 is 2.29 bits per heavy atom. The molecule has 0 aromatic rings. The first-order valence-electron chi connectivity index (χ1n) is 7.77. The second-order valence-corrected chi connectivity index (χ2v) is 5.94. The van der Waals surface area contributed by atoms with Gasteiger partial charge >= 0.3 is 0 Å². The molecule has 2 unspecified atom stereocenters. The topological polar surface area (TPSA) is 70.2 Å². The zero-order valence-electron chi connectivity index (χ0n) is 13.4. The minimum absolute atomic E-state index is 0. The maximum Gasteiger partial charge on any atom is 0.223 e. The number of likely N-dealkylation sites (N-methyl/N-ethyl adjacent to an activating group) is 1. The summed E-state index contributed by atoms with van der Waals surface area (Å²) in [6.45, 7) is 4.51. The van der Waals surface area contributed by atoms with E-state index in [2.05, 4.69) is 16.0 Å². The summed E-state index contributed by atoms with van der Waals surface area (Å²) in [4.78, 5) is 23.8. The molecule has 2 atom stereocenters. The highest BCUT2D eigenvalue weighted by Crippen LogP contribution is 2.23. The summed E-state index contributed by atoms with van der Waals surface area (Å²) < 4.78 is 0.